The van der Waals surface area contributed by atoms with Gasteiger partial charge in [0, 0.05) is 28.1 Å². The van der Waals surface area contributed by atoms with Crippen molar-refractivity contribution in [1.82, 2.24) is 4.57 Å². The Morgan fingerprint density at radius 3 is 1.86 bits per heavy atom. The van der Waals surface area contributed by atoms with Crippen molar-refractivity contribution in [3.8, 4) is 16.8 Å². The molecule has 0 bridgehead atoms. The summed E-state index contributed by atoms with van der Waals surface area (Å²) in [6.07, 6.45) is 24.0. The van der Waals surface area contributed by atoms with Crippen LogP contribution in [0, 0.1) is 0 Å². The van der Waals surface area contributed by atoms with Crippen LogP contribution < -0.4 is 4.90 Å². The number of para-hydroxylation sites is 1. The highest BCUT2D eigenvalue weighted by molar-refractivity contribution is 5.91. The average Bonchev–Trinajstić information content (AvgIpc) is 3.54. The Kier molecular flexibility index (Phi) is 8.01. The summed E-state index contributed by atoms with van der Waals surface area (Å²) in [5.41, 5.74) is 15.0. The summed E-state index contributed by atoms with van der Waals surface area (Å²) in [6.45, 7) is 2.36. The molecule has 0 saturated heterocycles. The molecule has 0 fully saturated rings. The van der Waals surface area contributed by atoms with Gasteiger partial charge in [0.1, 0.15) is 0 Å². The summed E-state index contributed by atoms with van der Waals surface area (Å²) >= 11 is 0. The van der Waals surface area contributed by atoms with Gasteiger partial charge < -0.3 is 9.47 Å². The zero-order chi connectivity index (χ0) is 34.2. The van der Waals surface area contributed by atoms with Gasteiger partial charge in [-0.2, -0.15) is 0 Å². The highest BCUT2D eigenvalue weighted by Gasteiger charge is 2.32. The predicted octanol–water partition coefficient (Wildman–Crippen LogP) is 12.9. The van der Waals surface area contributed by atoms with Crippen LogP contribution in [0.1, 0.15) is 55.0 Å². The molecule has 0 spiro atoms. The number of hydrogen-bond acceptors (Lipinski definition) is 1. The summed E-state index contributed by atoms with van der Waals surface area (Å²) < 4.78 is 2.43. The normalized spacial score (nSPS) is 18.0. The lowest BCUT2D eigenvalue weighted by Gasteiger charge is -2.42. The first-order chi connectivity index (χ1) is 25.1. The van der Waals surface area contributed by atoms with E-state index >= 15 is 0 Å². The number of benzene rings is 5. The molecule has 0 aliphatic heterocycles. The van der Waals surface area contributed by atoms with E-state index in [4.69, 9.17) is 0 Å². The quantitative estimate of drug-likeness (QED) is 0.166. The van der Waals surface area contributed by atoms with Gasteiger partial charge in [-0.05, 0) is 127 Å². The van der Waals surface area contributed by atoms with Crippen LogP contribution in [0.3, 0.4) is 0 Å². The molecule has 5 aromatic carbocycles. The third-order valence-electron chi connectivity index (χ3n) is 10.9. The lowest BCUT2D eigenvalue weighted by atomic mass is 9.85. The summed E-state index contributed by atoms with van der Waals surface area (Å²) in [5, 5.41) is 1.37. The molecule has 3 aliphatic rings. The first-order valence-electron chi connectivity index (χ1n) is 18.4. The van der Waals surface area contributed by atoms with E-state index in [1.54, 1.807) is 0 Å². The molecule has 2 nitrogen and oxygen atoms in total. The molecular weight excluding hydrogens is 617 g/mol. The lowest BCUT2D eigenvalue weighted by molar-refractivity contribution is 0.571. The Morgan fingerprint density at radius 1 is 0.549 bits per heavy atom. The predicted molar refractivity (Wildman–Crippen MR) is 218 cm³/mol. The van der Waals surface area contributed by atoms with E-state index in [1.165, 1.54) is 72.6 Å². The fraction of sp³-hybridized carbons (Fsp3) is 0.143. The maximum absolute atomic E-state index is 2.51. The highest BCUT2D eigenvalue weighted by Crippen LogP contribution is 2.41. The van der Waals surface area contributed by atoms with Crippen molar-refractivity contribution in [2.75, 3.05) is 4.90 Å². The van der Waals surface area contributed by atoms with Crippen LogP contribution in [0.5, 0.6) is 0 Å². The van der Waals surface area contributed by atoms with Crippen molar-refractivity contribution in [1.29, 1.82) is 0 Å². The number of anilines is 2. The number of nitrogens with zero attached hydrogens (tertiary/aromatic N) is 2. The SMILES string of the molecule is CC1(N(c2ccc(C3=CCCC=C3)cc2)c2ccc(-c3ccccc3)cc2)C=CC(c2ccc(-n3c4c(c5ccccc53)CCC=C4)cc2)=CC1. The van der Waals surface area contributed by atoms with Crippen molar-refractivity contribution in [3.63, 3.8) is 0 Å². The van der Waals surface area contributed by atoms with Crippen LogP contribution in [-0.4, -0.2) is 10.1 Å². The van der Waals surface area contributed by atoms with Crippen molar-refractivity contribution >= 4 is 39.5 Å². The first-order valence-corrected chi connectivity index (χ1v) is 18.4. The summed E-state index contributed by atoms with van der Waals surface area (Å²) in [4.78, 5) is 2.51. The van der Waals surface area contributed by atoms with Crippen molar-refractivity contribution in [2.45, 2.75) is 44.6 Å². The Hall–Kier alpha value is -5.86. The van der Waals surface area contributed by atoms with Crippen LogP contribution in [0.2, 0.25) is 0 Å². The van der Waals surface area contributed by atoms with Gasteiger partial charge in [0.2, 0.25) is 0 Å². The number of aryl methyl sites for hydroxylation is 1. The van der Waals surface area contributed by atoms with Crippen LogP contribution in [0.25, 0.3) is 44.9 Å². The van der Waals surface area contributed by atoms with Crippen molar-refractivity contribution in [2.24, 2.45) is 0 Å². The minimum absolute atomic E-state index is 0.251. The minimum Gasteiger partial charge on any atom is -0.332 e. The van der Waals surface area contributed by atoms with Crippen LogP contribution in [0.15, 0.2) is 170 Å². The molecule has 3 aliphatic carbocycles. The molecule has 0 saturated carbocycles. The second kappa shape index (κ2) is 13.1. The molecule has 1 heterocycles. The highest BCUT2D eigenvalue weighted by atomic mass is 15.2. The van der Waals surface area contributed by atoms with E-state index in [9.17, 15) is 0 Å². The molecule has 1 aromatic heterocycles. The standard InChI is InChI=1S/C49H42N2/c1-49(34-32-41(33-35-49)40-20-26-42(27-21-40)50-47-18-10-8-16-45(47)46-17-9-11-19-48(46)50)51(43-28-22-38(23-29-43)36-12-4-2-5-13-36)44-30-24-39(25-31-44)37-14-6-3-7-15-37/h2,4-6,8,10-16,18-34H,3,7,9,17,35H2,1H3. The maximum atomic E-state index is 2.51. The van der Waals surface area contributed by atoms with Gasteiger partial charge in [-0.25, -0.2) is 0 Å². The van der Waals surface area contributed by atoms with E-state index in [2.05, 4.69) is 192 Å². The zero-order valence-corrected chi connectivity index (χ0v) is 29.2. The fourth-order valence-corrected chi connectivity index (χ4v) is 8.17. The van der Waals surface area contributed by atoms with Gasteiger partial charge >= 0.3 is 0 Å². The number of allylic oxidation sites excluding steroid dienone is 7. The van der Waals surface area contributed by atoms with E-state index in [0.29, 0.717) is 0 Å². The van der Waals surface area contributed by atoms with Gasteiger partial charge in [-0.3, -0.25) is 0 Å². The molecule has 248 valence electrons. The van der Waals surface area contributed by atoms with Gasteiger partial charge in [0.15, 0.2) is 0 Å². The zero-order valence-electron chi connectivity index (χ0n) is 29.2. The number of aromatic nitrogens is 1. The van der Waals surface area contributed by atoms with E-state index in [1.807, 2.05) is 0 Å². The Labute approximate surface area is 301 Å². The molecule has 51 heavy (non-hydrogen) atoms. The summed E-state index contributed by atoms with van der Waals surface area (Å²) in [7, 11) is 0. The Bertz CT molecular complexity index is 2360. The average molecular weight is 659 g/mol. The maximum Gasteiger partial charge on any atom is 0.0643 e. The molecular formula is C49H42N2. The monoisotopic (exact) mass is 658 g/mol. The Balaban J connectivity index is 1.03. The largest absolute Gasteiger partial charge is 0.332 e. The van der Waals surface area contributed by atoms with E-state index in [-0.39, 0.29) is 5.54 Å². The van der Waals surface area contributed by atoms with E-state index < -0.39 is 0 Å². The van der Waals surface area contributed by atoms with Gasteiger partial charge in [0.25, 0.3) is 0 Å². The number of rotatable bonds is 7. The second-order valence-corrected chi connectivity index (χ2v) is 14.2. The van der Waals surface area contributed by atoms with Crippen LogP contribution >= 0.6 is 0 Å². The van der Waals surface area contributed by atoms with Gasteiger partial charge in [-0.1, -0.05) is 127 Å². The molecule has 9 rings (SSSR count). The summed E-state index contributed by atoms with van der Waals surface area (Å²) in [5.74, 6) is 0. The van der Waals surface area contributed by atoms with Crippen molar-refractivity contribution < 1.29 is 0 Å². The lowest BCUT2D eigenvalue weighted by Crippen LogP contribution is -2.42. The molecule has 0 radical (unpaired) electrons. The summed E-state index contributed by atoms with van der Waals surface area (Å²) in [6, 6.07) is 46.8. The Morgan fingerprint density at radius 2 is 1.18 bits per heavy atom. The molecule has 0 amide bonds. The molecule has 1 unspecified atom stereocenters. The van der Waals surface area contributed by atoms with Gasteiger partial charge in [-0.15, -0.1) is 0 Å². The molecule has 0 N–H and O–H groups in total. The number of fused-ring (bicyclic) bond motifs is 3. The fourth-order valence-electron chi connectivity index (χ4n) is 8.17. The topological polar surface area (TPSA) is 8.17 Å². The van der Waals surface area contributed by atoms with Crippen LogP contribution in [0.4, 0.5) is 11.4 Å². The number of hydrogen-bond donors (Lipinski definition) is 0. The smallest absolute Gasteiger partial charge is 0.0643 e. The third-order valence-corrected chi connectivity index (χ3v) is 10.9. The van der Waals surface area contributed by atoms with E-state index in [0.717, 1.165) is 32.1 Å². The third kappa shape index (κ3) is 5.81. The molecule has 6 aromatic rings. The first kappa shape index (κ1) is 31.1. The van der Waals surface area contributed by atoms with Gasteiger partial charge in [0.05, 0.1) is 11.1 Å². The molecule has 1 atom stereocenters. The van der Waals surface area contributed by atoms with Crippen LogP contribution in [-0.2, 0) is 6.42 Å². The van der Waals surface area contributed by atoms with Crippen molar-refractivity contribution in [3.05, 3.63) is 192 Å². The molecule has 2 heteroatoms. The second-order valence-electron chi connectivity index (χ2n) is 14.2. The minimum atomic E-state index is -0.251.